The van der Waals surface area contributed by atoms with Gasteiger partial charge in [0.1, 0.15) is 4.21 Å². The Labute approximate surface area is 116 Å². The minimum absolute atomic E-state index is 0.197. The van der Waals surface area contributed by atoms with Crippen LogP contribution in [0.5, 0.6) is 0 Å². The fourth-order valence-corrected chi connectivity index (χ4v) is 4.36. The van der Waals surface area contributed by atoms with Gasteiger partial charge in [-0.05, 0) is 34.1 Å². The summed E-state index contributed by atoms with van der Waals surface area (Å²) < 4.78 is 28.7. The maximum atomic E-state index is 12.0. The third kappa shape index (κ3) is 2.82. The van der Waals surface area contributed by atoms with E-state index >= 15 is 0 Å². The molecule has 0 aliphatic heterocycles. The molecule has 0 bridgehead atoms. The van der Waals surface area contributed by atoms with Gasteiger partial charge in [-0.15, -0.1) is 11.3 Å². The number of thiophene rings is 1. The van der Waals surface area contributed by atoms with Crippen molar-refractivity contribution < 1.29 is 8.42 Å². The second-order valence-electron chi connectivity index (χ2n) is 3.53. The van der Waals surface area contributed by atoms with Crippen LogP contribution in [0, 0.1) is 0 Å². The first-order chi connectivity index (χ1) is 8.38. The molecule has 1 N–H and O–H groups in total. The van der Waals surface area contributed by atoms with Gasteiger partial charge in [0.25, 0.3) is 10.0 Å². The molecular formula is C10H9BrN2O3S2. The van der Waals surface area contributed by atoms with Crippen LogP contribution in [0.2, 0.25) is 0 Å². The van der Waals surface area contributed by atoms with Crippen LogP contribution in [-0.2, 0) is 17.1 Å². The fourth-order valence-electron chi connectivity index (χ4n) is 1.30. The normalized spacial score (nSPS) is 11.4. The van der Waals surface area contributed by atoms with Crippen molar-refractivity contribution in [2.24, 2.45) is 7.05 Å². The Morgan fingerprint density at radius 3 is 2.56 bits per heavy atom. The molecule has 0 saturated carbocycles. The number of hydrogen-bond donors (Lipinski definition) is 1. The second kappa shape index (κ2) is 4.87. The average Bonchev–Trinajstić information content (AvgIpc) is 2.71. The zero-order chi connectivity index (χ0) is 13.3. The van der Waals surface area contributed by atoms with Crippen molar-refractivity contribution in [2.75, 3.05) is 4.72 Å². The number of sulfonamides is 1. The first kappa shape index (κ1) is 13.3. The summed E-state index contributed by atoms with van der Waals surface area (Å²) in [4.78, 5) is 11.2. The molecule has 0 amide bonds. The van der Waals surface area contributed by atoms with Crippen LogP contribution in [0.15, 0.2) is 43.3 Å². The van der Waals surface area contributed by atoms with Crippen LogP contribution in [0.25, 0.3) is 0 Å². The zero-order valence-electron chi connectivity index (χ0n) is 9.25. The molecule has 5 nitrogen and oxygen atoms in total. The van der Waals surface area contributed by atoms with E-state index in [9.17, 15) is 13.2 Å². The highest BCUT2D eigenvalue weighted by molar-refractivity contribution is 9.11. The number of halogens is 1. The van der Waals surface area contributed by atoms with Gasteiger partial charge in [-0.3, -0.25) is 9.52 Å². The highest BCUT2D eigenvalue weighted by atomic mass is 79.9. The van der Waals surface area contributed by atoms with Crippen molar-refractivity contribution in [3.63, 3.8) is 0 Å². The summed E-state index contributed by atoms with van der Waals surface area (Å²) in [5.41, 5.74) is 0.151. The van der Waals surface area contributed by atoms with Crippen molar-refractivity contribution >= 4 is 43.0 Å². The molecule has 0 aromatic carbocycles. The fraction of sp³-hybridized carbons (Fsp3) is 0.100. The average molecular weight is 349 g/mol. The van der Waals surface area contributed by atoms with Gasteiger partial charge in [0.2, 0.25) is 5.56 Å². The Bertz CT molecular complexity index is 734. The summed E-state index contributed by atoms with van der Waals surface area (Å²) >= 11 is 4.33. The molecule has 0 aliphatic rings. The first-order valence-electron chi connectivity index (χ1n) is 4.83. The lowest BCUT2D eigenvalue weighted by atomic mass is 10.4. The van der Waals surface area contributed by atoms with Gasteiger partial charge in [-0.25, -0.2) is 8.42 Å². The van der Waals surface area contributed by atoms with Crippen LogP contribution in [0.4, 0.5) is 5.69 Å². The summed E-state index contributed by atoms with van der Waals surface area (Å²) in [6.45, 7) is 0. The van der Waals surface area contributed by atoms with E-state index < -0.39 is 10.0 Å². The molecule has 96 valence electrons. The minimum Gasteiger partial charge on any atom is -0.316 e. The van der Waals surface area contributed by atoms with E-state index in [2.05, 4.69) is 20.7 Å². The van der Waals surface area contributed by atoms with Crippen LogP contribution >= 0.6 is 27.3 Å². The van der Waals surface area contributed by atoms with Crippen molar-refractivity contribution in [1.82, 2.24) is 4.57 Å². The molecular weight excluding hydrogens is 340 g/mol. The second-order valence-corrected chi connectivity index (χ2v) is 7.90. The van der Waals surface area contributed by atoms with E-state index in [-0.39, 0.29) is 9.77 Å². The van der Waals surface area contributed by atoms with Gasteiger partial charge in [0, 0.05) is 19.3 Å². The lowest BCUT2D eigenvalue weighted by Gasteiger charge is -2.07. The molecule has 2 aromatic rings. The van der Waals surface area contributed by atoms with E-state index in [0.717, 1.165) is 15.1 Å². The van der Waals surface area contributed by atoms with Crippen molar-refractivity contribution in [2.45, 2.75) is 4.21 Å². The maximum absolute atomic E-state index is 12.0. The standard InChI is InChI=1S/C10H9BrN2O3S2/c1-13-6-7(2-4-9(13)14)12-18(15,16)10-5-3-8(11)17-10/h2-6,12H,1H3. The lowest BCUT2D eigenvalue weighted by Crippen LogP contribution is -2.17. The first-order valence-corrected chi connectivity index (χ1v) is 7.92. The smallest absolute Gasteiger partial charge is 0.271 e. The topological polar surface area (TPSA) is 68.2 Å². The molecule has 0 radical (unpaired) electrons. The summed E-state index contributed by atoms with van der Waals surface area (Å²) in [7, 11) is -2.04. The number of aromatic nitrogens is 1. The van der Waals surface area contributed by atoms with Gasteiger partial charge in [0.15, 0.2) is 0 Å². The van der Waals surface area contributed by atoms with Crippen LogP contribution in [0.1, 0.15) is 0 Å². The predicted octanol–water partition coefficient (Wildman–Crippen LogP) is 2.01. The molecule has 0 saturated heterocycles. The molecule has 0 unspecified atom stereocenters. The quantitative estimate of drug-likeness (QED) is 0.922. The Morgan fingerprint density at radius 1 is 1.28 bits per heavy atom. The largest absolute Gasteiger partial charge is 0.316 e. The molecule has 18 heavy (non-hydrogen) atoms. The molecule has 0 spiro atoms. The summed E-state index contributed by atoms with van der Waals surface area (Å²) in [5, 5.41) is 0. The predicted molar refractivity (Wildman–Crippen MR) is 74.5 cm³/mol. The molecule has 0 fully saturated rings. The van der Waals surface area contributed by atoms with E-state index in [0.29, 0.717) is 5.69 Å². The van der Waals surface area contributed by atoms with Crippen molar-refractivity contribution in [1.29, 1.82) is 0 Å². The number of rotatable bonds is 3. The van der Waals surface area contributed by atoms with Crippen LogP contribution in [0.3, 0.4) is 0 Å². The third-order valence-electron chi connectivity index (χ3n) is 2.15. The maximum Gasteiger partial charge on any atom is 0.271 e. The van der Waals surface area contributed by atoms with E-state index in [4.69, 9.17) is 0 Å². The molecule has 8 heteroatoms. The van der Waals surface area contributed by atoms with Gasteiger partial charge < -0.3 is 4.57 Å². The van der Waals surface area contributed by atoms with E-state index in [1.165, 1.54) is 29.0 Å². The highest BCUT2D eigenvalue weighted by Crippen LogP contribution is 2.27. The molecule has 2 aromatic heterocycles. The van der Waals surface area contributed by atoms with Crippen LogP contribution in [-0.4, -0.2) is 13.0 Å². The summed E-state index contributed by atoms with van der Waals surface area (Å²) in [5.74, 6) is 0. The Kier molecular flexibility index (Phi) is 3.60. The van der Waals surface area contributed by atoms with Gasteiger partial charge in [-0.2, -0.15) is 0 Å². The lowest BCUT2D eigenvalue weighted by molar-refractivity contribution is 0.603. The zero-order valence-corrected chi connectivity index (χ0v) is 12.5. The van der Waals surface area contributed by atoms with Crippen LogP contribution < -0.4 is 10.3 Å². The van der Waals surface area contributed by atoms with Gasteiger partial charge in [0.05, 0.1) is 9.47 Å². The molecule has 2 rings (SSSR count). The third-order valence-corrected chi connectivity index (χ3v) is 5.65. The molecule has 0 aliphatic carbocycles. The SMILES string of the molecule is Cn1cc(NS(=O)(=O)c2ccc(Br)s2)ccc1=O. The number of nitrogens with zero attached hydrogens (tertiary/aromatic N) is 1. The number of anilines is 1. The molecule has 2 heterocycles. The Morgan fingerprint density at radius 2 is 2.00 bits per heavy atom. The van der Waals surface area contributed by atoms with Crippen molar-refractivity contribution in [3.05, 3.63) is 44.6 Å². The monoisotopic (exact) mass is 348 g/mol. The number of pyridine rings is 1. The number of nitrogens with one attached hydrogen (secondary N) is 1. The highest BCUT2D eigenvalue weighted by Gasteiger charge is 2.16. The summed E-state index contributed by atoms with van der Waals surface area (Å²) in [6.07, 6.45) is 1.43. The molecule has 0 atom stereocenters. The number of hydrogen-bond acceptors (Lipinski definition) is 4. The van der Waals surface area contributed by atoms with Gasteiger partial charge in [-0.1, -0.05) is 0 Å². The van der Waals surface area contributed by atoms with Crippen molar-refractivity contribution in [3.8, 4) is 0 Å². The Balaban J connectivity index is 2.33. The Hall–Kier alpha value is -1.12. The minimum atomic E-state index is -3.60. The summed E-state index contributed by atoms with van der Waals surface area (Å²) in [6, 6.07) is 5.92. The van der Waals surface area contributed by atoms with Gasteiger partial charge >= 0.3 is 0 Å². The number of aryl methyl sites for hydroxylation is 1. The van der Waals surface area contributed by atoms with E-state index in [1.54, 1.807) is 13.1 Å². The van der Waals surface area contributed by atoms with E-state index in [1.807, 2.05) is 0 Å².